The molecule has 1 amide bonds. The zero-order chi connectivity index (χ0) is 21.8. The number of aromatic amines is 1. The minimum absolute atomic E-state index is 0.119. The van der Waals surface area contributed by atoms with Crippen LogP contribution in [-0.4, -0.2) is 66.2 Å². The third kappa shape index (κ3) is 4.20. The highest BCUT2D eigenvalue weighted by molar-refractivity contribution is 5.94. The van der Waals surface area contributed by atoms with Crippen LogP contribution in [0.2, 0.25) is 0 Å². The molecule has 9 nitrogen and oxygen atoms in total. The number of aromatic nitrogens is 3. The fourth-order valence-electron chi connectivity index (χ4n) is 3.55. The number of carbonyl (C=O) groups excluding carboxylic acids is 1. The molecule has 31 heavy (non-hydrogen) atoms. The molecule has 0 saturated carbocycles. The Morgan fingerprint density at radius 3 is 2.32 bits per heavy atom. The van der Waals surface area contributed by atoms with Crippen LogP contribution in [0.3, 0.4) is 0 Å². The van der Waals surface area contributed by atoms with Gasteiger partial charge in [0.25, 0.3) is 11.5 Å². The lowest BCUT2D eigenvalue weighted by Gasteiger charge is -2.34. The van der Waals surface area contributed by atoms with Crippen LogP contribution in [0, 0.1) is 0 Å². The van der Waals surface area contributed by atoms with E-state index in [1.165, 1.54) is 0 Å². The zero-order valence-electron chi connectivity index (χ0n) is 17.4. The molecule has 9 heteroatoms. The van der Waals surface area contributed by atoms with Crippen molar-refractivity contribution in [2.45, 2.75) is 0 Å². The van der Waals surface area contributed by atoms with E-state index in [-0.39, 0.29) is 11.5 Å². The van der Waals surface area contributed by atoms with Gasteiger partial charge in [0.05, 0.1) is 14.2 Å². The molecule has 1 aliphatic rings. The van der Waals surface area contributed by atoms with Crippen molar-refractivity contribution >= 4 is 11.9 Å². The summed E-state index contributed by atoms with van der Waals surface area (Å²) in [5, 5.41) is 0. The second-order valence-corrected chi connectivity index (χ2v) is 7.01. The Morgan fingerprint density at radius 2 is 1.68 bits per heavy atom. The quantitative estimate of drug-likeness (QED) is 0.671. The van der Waals surface area contributed by atoms with Gasteiger partial charge in [-0.05, 0) is 36.4 Å². The van der Waals surface area contributed by atoms with Gasteiger partial charge in [0.1, 0.15) is 5.56 Å². The highest BCUT2D eigenvalue weighted by atomic mass is 16.5. The lowest BCUT2D eigenvalue weighted by atomic mass is 10.1. The van der Waals surface area contributed by atoms with E-state index >= 15 is 0 Å². The first-order chi connectivity index (χ1) is 15.1. The normalized spacial score (nSPS) is 13.7. The number of H-pyrrole nitrogens is 1. The van der Waals surface area contributed by atoms with Gasteiger partial charge in [-0.3, -0.25) is 9.59 Å². The van der Waals surface area contributed by atoms with E-state index in [0.717, 1.165) is 5.56 Å². The number of nitrogens with one attached hydrogen (secondary N) is 1. The van der Waals surface area contributed by atoms with Crippen molar-refractivity contribution in [1.29, 1.82) is 0 Å². The molecule has 2 aromatic heterocycles. The number of hydrogen-bond donors (Lipinski definition) is 1. The van der Waals surface area contributed by atoms with Crippen LogP contribution >= 0.6 is 0 Å². The lowest BCUT2D eigenvalue weighted by molar-refractivity contribution is 0.0744. The van der Waals surface area contributed by atoms with Gasteiger partial charge in [-0.25, -0.2) is 9.97 Å². The number of nitrogens with zero attached hydrogens (tertiary/aromatic N) is 4. The number of pyridine rings is 1. The largest absolute Gasteiger partial charge is 0.493 e. The molecule has 0 aliphatic carbocycles. The molecule has 0 bridgehead atoms. The van der Waals surface area contributed by atoms with Crippen LogP contribution in [0.4, 0.5) is 5.95 Å². The minimum atomic E-state index is -0.425. The van der Waals surface area contributed by atoms with Crippen molar-refractivity contribution in [2.24, 2.45) is 0 Å². The summed E-state index contributed by atoms with van der Waals surface area (Å²) in [6.07, 6.45) is 3.39. The van der Waals surface area contributed by atoms with Crippen LogP contribution in [0.5, 0.6) is 11.5 Å². The molecular formula is C22H23N5O4. The summed E-state index contributed by atoms with van der Waals surface area (Å²) < 4.78 is 10.6. The third-order valence-electron chi connectivity index (χ3n) is 5.24. The van der Waals surface area contributed by atoms with E-state index in [2.05, 4.69) is 15.0 Å². The predicted octanol–water partition coefficient (Wildman–Crippen LogP) is 1.81. The molecule has 1 N–H and O–H groups in total. The fraction of sp³-hybridized carbons (Fsp3) is 0.273. The summed E-state index contributed by atoms with van der Waals surface area (Å²) in [6.45, 7) is 2.21. The highest BCUT2D eigenvalue weighted by Gasteiger charge is 2.25. The summed E-state index contributed by atoms with van der Waals surface area (Å²) in [4.78, 5) is 40.6. The molecule has 1 aromatic carbocycles. The Bertz CT molecular complexity index is 1120. The Morgan fingerprint density at radius 1 is 0.968 bits per heavy atom. The molecule has 3 aromatic rings. The molecule has 1 aliphatic heterocycles. The second kappa shape index (κ2) is 8.86. The molecule has 3 heterocycles. The lowest BCUT2D eigenvalue weighted by Crippen LogP contribution is -2.50. The summed E-state index contributed by atoms with van der Waals surface area (Å²) in [6, 6.07) is 10.4. The zero-order valence-corrected chi connectivity index (χ0v) is 17.4. The topological polar surface area (TPSA) is 101 Å². The number of rotatable bonds is 5. The molecule has 160 valence electrons. The van der Waals surface area contributed by atoms with Crippen LogP contribution in [0.1, 0.15) is 10.4 Å². The molecule has 4 rings (SSSR count). The number of piperazine rings is 1. The average molecular weight is 421 g/mol. The summed E-state index contributed by atoms with van der Waals surface area (Å²) in [5.41, 5.74) is 1.04. The maximum absolute atomic E-state index is 12.9. The van der Waals surface area contributed by atoms with Gasteiger partial charge in [0.2, 0.25) is 5.95 Å². The van der Waals surface area contributed by atoms with Crippen LogP contribution in [-0.2, 0) is 0 Å². The number of ether oxygens (including phenoxy) is 2. The smallest absolute Gasteiger partial charge is 0.261 e. The van der Waals surface area contributed by atoms with E-state index < -0.39 is 5.56 Å². The first-order valence-corrected chi connectivity index (χ1v) is 9.87. The van der Waals surface area contributed by atoms with E-state index in [9.17, 15) is 9.59 Å². The van der Waals surface area contributed by atoms with Crippen LogP contribution in [0.25, 0.3) is 11.3 Å². The van der Waals surface area contributed by atoms with Crippen molar-refractivity contribution in [3.8, 4) is 22.8 Å². The van der Waals surface area contributed by atoms with E-state index in [4.69, 9.17) is 9.47 Å². The Hall–Kier alpha value is -3.88. The molecular weight excluding hydrogens is 398 g/mol. The number of benzene rings is 1. The summed E-state index contributed by atoms with van der Waals surface area (Å²) >= 11 is 0. The molecule has 0 atom stereocenters. The predicted molar refractivity (Wildman–Crippen MR) is 116 cm³/mol. The van der Waals surface area contributed by atoms with Gasteiger partial charge in [0.15, 0.2) is 11.5 Å². The number of amides is 1. The summed E-state index contributed by atoms with van der Waals surface area (Å²) in [5.74, 6) is 1.52. The second-order valence-electron chi connectivity index (χ2n) is 7.01. The Balaban J connectivity index is 1.48. The van der Waals surface area contributed by atoms with Crippen molar-refractivity contribution in [2.75, 3.05) is 45.3 Å². The van der Waals surface area contributed by atoms with Gasteiger partial charge in [-0.2, -0.15) is 0 Å². The monoisotopic (exact) mass is 421 g/mol. The van der Waals surface area contributed by atoms with Crippen LogP contribution in [0.15, 0.2) is 53.6 Å². The van der Waals surface area contributed by atoms with Crippen molar-refractivity contribution in [1.82, 2.24) is 19.9 Å². The van der Waals surface area contributed by atoms with Crippen LogP contribution < -0.4 is 19.9 Å². The van der Waals surface area contributed by atoms with Gasteiger partial charge < -0.3 is 24.3 Å². The van der Waals surface area contributed by atoms with Gasteiger partial charge >= 0.3 is 0 Å². The molecule has 1 saturated heterocycles. The van der Waals surface area contributed by atoms with Gasteiger partial charge in [-0.1, -0.05) is 0 Å². The maximum atomic E-state index is 12.9. The third-order valence-corrected chi connectivity index (χ3v) is 5.24. The average Bonchev–Trinajstić information content (AvgIpc) is 2.83. The Kier molecular flexibility index (Phi) is 5.83. The fourth-order valence-corrected chi connectivity index (χ4v) is 3.55. The van der Waals surface area contributed by atoms with E-state index in [1.807, 2.05) is 11.0 Å². The van der Waals surface area contributed by atoms with Gasteiger partial charge in [-0.15, -0.1) is 0 Å². The van der Waals surface area contributed by atoms with Crippen molar-refractivity contribution in [3.05, 3.63) is 64.7 Å². The highest BCUT2D eigenvalue weighted by Crippen LogP contribution is 2.31. The first kappa shape index (κ1) is 20.4. The molecule has 1 fully saturated rings. The minimum Gasteiger partial charge on any atom is -0.493 e. The van der Waals surface area contributed by atoms with Crippen molar-refractivity contribution < 1.29 is 14.3 Å². The maximum Gasteiger partial charge on any atom is 0.261 e. The van der Waals surface area contributed by atoms with Gasteiger partial charge in [0, 0.05) is 49.8 Å². The van der Waals surface area contributed by atoms with E-state index in [1.54, 1.807) is 61.8 Å². The van der Waals surface area contributed by atoms with Crippen molar-refractivity contribution in [3.63, 3.8) is 0 Å². The van der Waals surface area contributed by atoms with E-state index in [0.29, 0.717) is 49.3 Å². The SMILES string of the molecule is COc1ccc(-c2ccc(C(=O)N3CCN(c4ncccn4)CC3)c(=O)[nH]2)cc1OC. The Labute approximate surface area is 179 Å². The molecule has 0 radical (unpaired) electrons. The number of carbonyl (C=O) groups is 1. The number of methoxy groups -OCH3 is 2. The summed E-state index contributed by atoms with van der Waals surface area (Å²) in [7, 11) is 3.11. The number of anilines is 1. The standard InChI is InChI=1S/C22H23N5O4/c1-30-18-7-4-15(14-19(18)31-2)17-6-5-16(20(28)25-17)21(29)26-10-12-27(13-11-26)22-23-8-3-9-24-22/h3-9,14H,10-13H2,1-2H3,(H,25,28). The first-order valence-electron chi connectivity index (χ1n) is 9.87. The molecule has 0 spiro atoms. The molecule has 0 unspecified atom stereocenters. The number of hydrogen-bond acceptors (Lipinski definition) is 7.